The summed E-state index contributed by atoms with van der Waals surface area (Å²) in [5.41, 5.74) is 0.828. The standard InChI is InChI=1S/C34H36F2N6O3/c35-25-6-5-20-14-22(43)15-24(26(20)23(25)13-19-3-4-19)29-28(36)30-27-31(42-12-9-37-16-21(42)17-44-32(27)38-29)40-33(39-30)45-18-34-7-1-10-41(34)11-2-8-34/h5-6,14-15,19,21,37,43H,1-4,7-13,16-18H2/t21-/m0/s1. The third kappa shape index (κ3) is 4.49. The number of aromatic hydroxyl groups is 1. The molecule has 2 aromatic heterocycles. The van der Waals surface area contributed by atoms with Crippen LogP contribution in [0.4, 0.5) is 14.6 Å². The van der Waals surface area contributed by atoms with Crippen LogP contribution in [0, 0.1) is 17.6 Å². The van der Waals surface area contributed by atoms with Crippen molar-refractivity contribution in [2.45, 2.75) is 56.5 Å². The van der Waals surface area contributed by atoms with Crippen molar-refractivity contribution in [1.29, 1.82) is 0 Å². The van der Waals surface area contributed by atoms with Gasteiger partial charge in [-0.15, -0.1) is 0 Å². The number of aromatic nitrogens is 3. The zero-order valence-corrected chi connectivity index (χ0v) is 25.1. The van der Waals surface area contributed by atoms with Crippen molar-refractivity contribution < 1.29 is 23.4 Å². The zero-order valence-electron chi connectivity index (χ0n) is 25.1. The molecule has 4 fully saturated rings. The minimum Gasteiger partial charge on any atom is -0.508 e. The van der Waals surface area contributed by atoms with E-state index in [0.29, 0.717) is 71.7 Å². The number of phenols is 1. The molecule has 0 bridgehead atoms. The molecule has 9 rings (SSSR count). The molecule has 9 nitrogen and oxygen atoms in total. The van der Waals surface area contributed by atoms with Crippen molar-refractivity contribution >= 4 is 27.5 Å². The van der Waals surface area contributed by atoms with Gasteiger partial charge in [-0.3, -0.25) is 4.90 Å². The Morgan fingerprint density at radius 3 is 2.71 bits per heavy atom. The maximum atomic E-state index is 17.1. The van der Waals surface area contributed by atoms with Crippen LogP contribution in [0.15, 0.2) is 24.3 Å². The summed E-state index contributed by atoms with van der Waals surface area (Å²) in [7, 11) is 0. The minimum absolute atomic E-state index is 0.0251. The van der Waals surface area contributed by atoms with Crippen LogP contribution in [0.1, 0.15) is 44.1 Å². The molecule has 2 aromatic carbocycles. The molecule has 45 heavy (non-hydrogen) atoms. The van der Waals surface area contributed by atoms with Crippen molar-refractivity contribution in [2.75, 3.05) is 50.8 Å². The number of nitrogens with one attached hydrogen (secondary N) is 1. The molecule has 1 saturated carbocycles. The second kappa shape index (κ2) is 10.3. The maximum Gasteiger partial charge on any atom is 0.319 e. The number of pyridine rings is 1. The molecule has 0 radical (unpaired) electrons. The van der Waals surface area contributed by atoms with Crippen LogP contribution in [-0.4, -0.2) is 82.5 Å². The first-order valence-corrected chi connectivity index (χ1v) is 16.3. The molecule has 0 spiro atoms. The van der Waals surface area contributed by atoms with Gasteiger partial charge >= 0.3 is 6.01 Å². The predicted octanol–water partition coefficient (Wildman–Crippen LogP) is 4.96. The Morgan fingerprint density at radius 1 is 1.04 bits per heavy atom. The summed E-state index contributed by atoms with van der Waals surface area (Å²) in [4.78, 5) is 19.0. The van der Waals surface area contributed by atoms with Crippen molar-refractivity contribution in [3.63, 3.8) is 0 Å². The lowest BCUT2D eigenvalue weighted by Gasteiger charge is -2.35. The summed E-state index contributed by atoms with van der Waals surface area (Å²) >= 11 is 0. The highest BCUT2D eigenvalue weighted by Gasteiger charge is 2.45. The van der Waals surface area contributed by atoms with Crippen LogP contribution in [0.2, 0.25) is 0 Å². The summed E-state index contributed by atoms with van der Waals surface area (Å²) in [6.45, 7) is 5.03. The molecular weight excluding hydrogens is 578 g/mol. The number of hydrogen-bond donors (Lipinski definition) is 2. The minimum atomic E-state index is -0.672. The largest absolute Gasteiger partial charge is 0.508 e. The first-order chi connectivity index (χ1) is 22.0. The van der Waals surface area contributed by atoms with Gasteiger partial charge in [-0.2, -0.15) is 9.97 Å². The summed E-state index contributed by atoms with van der Waals surface area (Å²) in [6, 6.07) is 6.21. The summed E-state index contributed by atoms with van der Waals surface area (Å²) in [5, 5.41) is 15.8. The fraction of sp³-hybridized carbons (Fsp3) is 0.500. The van der Waals surface area contributed by atoms with Gasteiger partial charge in [-0.25, -0.2) is 13.8 Å². The first-order valence-electron chi connectivity index (χ1n) is 16.3. The third-order valence-corrected chi connectivity index (χ3v) is 10.6. The van der Waals surface area contributed by atoms with Crippen LogP contribution in [0.3, 0.4) is 0 Å². The van der Waals surface area contributed by atoms with Gasteiger partial charge in [0.1, 0.15) is 47.2 Å². The highest BCUT2D eigenvalue weighted by Crippen LogP contribution is 2.45. The van der Waals surface area contributed by atoms with Gasteiger partial charge in [0.15, 0.2) is 5.82 Å². The zero-order chi connectivity index (χ0) is 30.3. The summed E-state index contributed by atoms with van der Waals surface area (Å²) in [5.74, 6) is 0.112. The van der Waals surface area contributed by atoms with E-state index < -0.39 is 5.82 Å². The van der Waals surface area contributed by atoms with Crippen LogP contribution in [0.5, 0.6) is 17.6 Å². The smallest absolute Gasteiger partial charge is 0.319 e. The normalized spacial score (nSPS) is 22.4. The molecule has 6 heterocycles. The molecule has 1 atom stereocenters. The van der Waals surface area contributed by atoms with E-state index in [-0.39, 0.29) is 46.2 Å². The fourth-order valence-electron chi connectivity index (χ4n) is 8.18. The Morgan fingerprint density at radius 2 is 1.89 bits per heavy atom. The second-order valence-electron chi connectivity index (χ2n) is 13.5. The van der Waals surface area contributed by atoms with E-state index in [1.165, 1.54) is 12.1 Å². The number of halogens is 2. The van der Waals surface area contributed by atoms with E-state index in [9.17, 15) is 5.11 Å². The predicted molar refractivity (Wildman–Crippen MR) is 166 cm³/mol. The molecule has 3 saturated heterocycles. The summed E-state index contributed by atoms with van der Waals surface area (Å²) in [6.07, 6.45) is 7.04. The molecule has 2 N–H and O–H groups in total. The number of piperazine rings is 1. The van der Waals surface area contributed by atoms with Crippen LogP contribution < -0.4 is 19.7 Å². The van der Waals surface area contributed by atoms with E-state index in [0.717, 1.165) is 58.2 Å². The van der Waals surface area contributed by atoms with Crippen molar-refractivity contribution in [3.8, 4) is 28.9 Å². The van der Waals surface area contributed by atoms with Crippen LogP contribution in [-0.2, 0) is 6.42 Å². The monoisotopic (exact) mass is 614 g/mol. The van der Waals surface area contributed by atoms with Crippen molar-refractivity contribution in [3.05, 3.63) is 41.5 Å². The molecule has 11 heteroatoms. The quantitative estimate of drug-likeness (QED) is 0.313. The molecule has 5 aliphatic rings. The molecule has 0 unspecified atom stereocenters. The highest BCUT2D eigenvalue weighted by atomic mass is 19.1. The van der Waals surface area contributed by atoms with E-state index in [4.69, 9.17) is 24.4 Å². The summed E-state index contributed by atoms with van der Waals surface area (Å²) < 4.78 is 45.1. The van der Waals surface area contributed by atoms with Crippen LogP contribution in [0.25, 0.3) is 32.9 Å². The van der Waals surface area contributed by atoms with Gasteiger partial charge < -0.3 is 24.8 Å². The van der Waals surface area contributed by atoms with Gasteiger partial charge in [0.2, 0.25) is 5.88 Å². The Kier molecular flexibility index (Phi) is 6.32. The maximum absolute atomic E-state index is 17.1. The number of nitrogens with zero attached hydrogens (tertiary/aromatic N) is 5. The van der Waals surface area contributed by atoms with Crippen molar-refractivity contribution in [1.82, 2.24) is 25.2 Å². The number of phenolic OH excluding ortho intramolecular Hbond substituents is 1. The van der Waals surface area contributed by atoms with Crippen molar-refractivity contribution in [2.24, 2.45) is 5.92 Å². The number of benzene rings is 2. The Bertz CT molecular complexity index is 1840. The first kappa shape index (κ1) is 27.5. The van der Waals surface area contributed by atoms with E-state index in [2.05, 4.69) is 15.1 Å². The number of fused-ring (bicyclic) bond motifs is 4. The number of hydrogen-bond acceptors (Lipinski definition) is 9. The Labute approximate surface area is 259 Å². The fourth-order valence-corrected chi connectivity index (χ4v) is 8.18. The molecule has 4 aliphatic heterocycles. The lowest BCUT2D eigenvalue weighted by Crippen LogP contribution is -2.53. The Hall–Kier alpha value is -3.83. The van der Waals surface area contributed by atoms with E-state index >= 15 is 8.78 Å². The lowest BCUT2D eigenvalue weighted by atomic mass is 9.93. The average Bonchev–Trinajstić information content (AvgIpc) is 3.68. The van der Waals surface area contributed by atoms with Gasteiger partial charge in [0.05, 0.1) is 11.6 Å². The molecule has 4 aromatic rings. The van der Waals surface area contributed by atoms with Gasteiger partial charge in [-0.05, 0) is 98.5 Å². The molecular formula is C34H36F2N6O3. The molecule has 234 valence electrons. The number of anilines is 1. The topological polar surface area (TPSA) is 95.9 Å². The van der Waals surface area contributed by atoms with Gasteiger partial charge in [0.25, 0.3) is 0 Å². The third-order valence-electron chi connectivity index (χ3n) is 10.6. The highest BCUT2D eigenvalue weighted by molar-refractivity contribution is 6.03. The van der Waals surface area contributed by atoms with E-state index in [1.807, 2.05) is 0 Å². The lowest BCUT2D eigenvalue weighted by molar-refractivity contribution is 0.108. The second-order valence-corrected chi connectivity index (χ2v) is 13.5. The van der Waals surface area contributed by atoms with Gasteiger partial charge in [0, 0.05) is 25.2 Å². The Balaban J connectivity index is 1.24. The molecule has 1 aliphatic carbocycles. The molecule has 0 amide bonds. The number of ether oxygens (including phenoxy) is 2. The number of rotatable bonds is 6. The SMILES string of the molecule is Oc1cc(-c2nc3c4c(nc(OCC56CCCN5CCC6)nc4c2F)N2CCNC[C@H]2CO3)c2c(CC3CC3)c(F)ccc2c1. The average molecular weight is 615 g/mol. The van der Waals surface area contributed by atoms with Crippen LogP contribution >= 0.6 is 0 Å². The van der Waals surface area contributed by atoms with Gasteiger partial charge in [-0.1, -0.05) is 6.07 Å². The van der Waals surface area contributed by atoms with E-state index in [1.54, 1.807) is 12.1 Å².